The van der Waals surface area contributed by atoms with Gasteiger partial charge in [0.05, 0.1) is 24.3 Å². The zero-order chi connectivity index (χ0) is 13.5. The first kappa shape index (κ1) is 14.2. The molecular weight excluding hydrogens is 228 g/mol. The molecule has 0 saturated heterocycles. The van der Waals surface area contributed by atoms with Crippen molar-refractivity contribution in [1.29, 1.82) is 5.26 Å². The molecule has 0 radical (unpaired) electrons. The Labute approximate surface area is 108 Å². The first-order valence-electron chi connectivity index (χ1n) is 5.88. The van der Waals surface area contributed by atoms with E-state index in [9.17, 15) is 4.79 Å². The monoisotopic (exact) mass is 246 g/mol. The van der Waals surface area contributed by atoms with E-state index in [1.54, 1.807) is 12.1 Å². The van der Waals surface area contributed by atoms with Crippen LogP contribution in [0.25, 0.3) is 0 Å². The fourth-order valence-corrected chi connectivity index (χ4v) is 1.57. The Morgan fingerprint density at radius 1 is 1.39 bits per heavy atom. The number of hydrogen-bond acceptors (Lipinski definition) is 4. The van der Waals surface area contributed by atoms with Crippen molar-refractivity contribution in [2.75, 3.05) is 13.6 Å². The summed E-state index contributed by atoms with van der Waals surface area (Å²) in [4.78, 5) is 13.3. The van der Waals surface area contributed by atoms with Crippen LogP contribution in [0.2, 0.25) is 0 Å². The maximum atomic E-state index is 11.4. The maximum Gasteiger partial charge on any atom is 0.320 e. The molecule has 0 bridgehead atoms. The molecule has 0 saturated carbocycles. The third-order valence-corrected chi connectivity index (χ3v) is 2.30. The Bertz CT molecular complexity index is 432. The van der Waals surface area contributed by atoms with Crippen LogP contribution >= 0.6 is 0 Å². The number of benzene rings is 1. The minimum Gasteiger partial charge on any atom is -0.462 e. The number of carbonyl (C=O) groups is 1. The van der Waals surface area contributed by atoms with Crippen LogP contribution in [0.4, 0.5) is 0 Å². The summed E-state index contributed by atoms with van der Waals surface area (Å²) in [5.74, 6) is -0.221. The molecule has 18 heavy (non-hydrogen) atoms. The van der Waals surface area contributed by atoms with E-state index >= 15 is 0 Å². The van der Waals surface area contributed by atoms with Gasteiger partial charge in [0.1, 0.15) is 0 Å². The van der Waals surface area contributed by atoms with Crippen LogP contribution in [0.3, 0.4) is 0 Å². The summed E-state index contributed by atoms with van der Waals surface area (Å²) in [7, 11) is 1.86. The van der Waals surface area contributed by atoms with Gasteiger partial charge in [0.2, 0.25) is 0 Å². The van der Waals surface area contributed by atoms with Crippen molar-refractivity contribution in [3.05, 3.63) is 35.4 Å². The summed E-state index contributed by atoms with van der Waals surface area (Å²) in [5.41, 5.74) is 1.70. The van der Waals surface area contributed by atoms with Crippen LogP contribution in [0.5, 0.6) is 0 Å². The third kappa shape index (κ3) is 4.98. The number of hydrogen-bond donors (Lipinski definition) is 0. The number of rotatable bonds is 5. The number of nitrogens with zero attached hydrogens (tertiary/aromatic N) is 2. The van der Waals surface area contributed by atoms with E-state index in [1.807, 2.05) is 37.9 Å². The van der Waals surface area contributed by atoms with Crippen molar-refractivity contribution >= 4 is 5.97 Å². The summed E-state index contributed by atoms with van der Waals surface area (Å²) >= 11 is 0. The zero-order valence-electron chi connectivity index (χ0n) is 11.0. The molecule has 1 aromatic rings. The smallest absolute Gasteiger partial charge is 0.320 e. The van der Waals surface area contributed by atoms with Gasteiger partial charge in [-0.05, 0) is 38.6 Å². The highest BCUT2D eigenvalue weighted by Crippen LogP contribution is 2.06. The second kappa shape index (κ2) is 6.77. The molecule has 96 valence electrons. The van der Waals surface area contributed by atoms with Gasteiger partial charge in [-0.3, -0.25) is 9.69 Å². The number of likely N-dealkylation sites (N-methyl/N-ethyl adjacent to an activating group) is 1. The van der Waals surface area contributed by atoms with Gasteiger partial charge in [-0.1, -0.05) is 12.1 Å². The molecule has 1 rings (SSSR count). The molecule has 1 aromatic carbocycles. The quantitative estimate of drug-likeness (QED) is 0.745. The fraction of sp³-hybridized carbons (Fsp3) is 0.429. The third-order valence-electron chi connectivity index (χ3n) is 2.30. The van der Waals surface area contributed by atoms with E-state index in [0.29, 0.717) is 12.1 Å². The van der Waals surface area contributed by atoms with Gasteiger partial charge in [-0.2, -0.15) is 5.26 Å². The maximum absolute atomic E-state index is 11.4. The van der Waals surface area contributed by atoms with Gasteiger partial charge in [0.25, 0.3) is 0 Å². The van der Waals surface area contributed by atoms with E-state index in [2.05, 4.69) is 6.07 Å². The minimum absolute atomic E-state index is 0.0826. The molecule has 0 aromatic heterocycles. The topological polar surface area (TPSA) is 53.3 Å². The van der Waals surface area contributed by atoms with Crippen LogP contribution in [0.15, 0.2) is 24.3 Å². The molecule has 0 heterocycles. The molecule has 0 atom stereocenters. The highest BCUT2D eigenvalue weighted by atomic mass is 16.5. The van der Waals surface area contributed by atoms with Gasteiger partial charge < -0.3 is 4.74 Å². The highest BCUT2D eigenvalue weighted by molar-refractivity contribution is 5.71. The zero-order valence-corrected chi connectivity index (χ0v) is 11.0. The largest absolute Gasteiger partial charge is 0.462 e. The summed E-state index contributed by atoms with van der Waals surface area (Å²) in [6.45, 7) is 4.58. The predicted molar refractivity (Wildman–Crippen MR) is 68.7 cm³/mol. The van der Waals surface area contributed by atoms with E-state index in [0.717, 1.165) is 5.56 Å². The number of esters is 1. The van der Waals surface area contributed by atoms with Crippen LogP contribution in [-0.4, -0.2) is 30.6 Å². The molecular formula is C14H18N2O2. The normalized spacial score (nSPS) is 10.4. The Balaban J connectivity index is 2.46. The molecule has 0 aliphatic rings. The summed E-state index contributed by atoms with van der Waals surface area (Å²) in [6, 6.07) is 9.40. The van der Waals surface area contributed by atoms with Gasteiger partial charge >= 0.3 is 5.97 Å². The number of nitriles is 1. The molecule has 0 aliphatic carbocycles. The summed E-state index contributed by atoms with van der Waals surface area (Å²) in [6.07, 6.45) is -0.0826. The summed E-state index contributed by atoms with van der Waals surface area (Å²) in [5, 5.41) is 8.69. The number of ether oxygens (including phenoxy) is 1. The van der Waals surface area contributed by atoms with Crippen LogP contribution < -0.4 is 0 Å². The van der Waals surface area contributed by atoms with Crippen LogP contribution in [0, 0.1) is 11.3 Å². The Morgan fingerprint density at radius 3 is 2.50 bits per heavy atom. The Hall–Kier alpha value is -1.86. The molecule has 0 amide bonds. The second-order valence-corrected chi connectivity index (χ2v) is 4.52. The minimum atomic E-state index is -0.221. The molecule has 4 heteroatoms. The molecule has 0 unspecified atom stereocenters. The lowest BCUT2D eigenvalue weighted by Gasteiger charge is -2.16. The van der Waals surface area contributed by atoms with Gasteiger partial charge in [0, 0.05) is 6.54 Å². The summed E-state index contributed by atoms with van der Waals surface area (Å²) < 4.78 is 5.07. The number of carbonyl (C=O) groups excluding carboxylic acids is 1. The van der Waals surface area contributed by atoms with Crippen molar-refractivity contribution in [3.8, 4) is 6.07 Å². The first-order valence-corrected chi connectivity index (χ1v) is 5.88. The highest BCUT2D eigenvalue weighted by Gasteiger charge is 2.09. The van der Waals surface area contributed by atoms with E-state index in [4.69, 9.17) is 10.00 Å². The van der Waals surface area contributed by atoms with Gasteiger partial charge in [0.15, 0.2) is 0 Å². The average Bonchev–Trinajstić information content (AvgIpc) is 2.28. The van der Waals surface area contributed by atoms with E-state index < -0.39 is 0 Å². The predicted octanol–water partition coefficient (Wildman–Crippen LogP) is 1.94. The van der Waals surface area contributed by atoms with Crippen molar-refractivity contribution in [2.45, 2.75) is 26.5 Å². The van der Waals surface area contributed by atoms with Crippen molar-refractivity contribution < 1.29 is 9.53 Å². The lowest BCUT2D eigenvalue weighted by molar-refractivity contribution is -0.148. The Morgan fingerprint density at radius 2 is 2.00 bits per heavy atom. The van der Waals surface area contributed by atoms with E-state index in [1.165, 1.54) is 0 Å². The van der Waals surface area contributed by atoms with Crippen molar-refractivity contribution in [3.63, 3.8) is 0 Å². The lowest BCUT2D eigenvalue weighted by Crippen LogP contribution is -2.28. The second-order valence-electron chi connectivity index (χ2n) is 4.52. The van der Waals surface area contributed by atoms with Crippen LogP contribution in [-0.2, 0) is 16.1 Å². The first-order chi connectivity index (χ1) is 8.51. The average molecular weight is 246 g/mol. The fourth-order valence-electron chi connectivity index (χ4n) is 1.57. The Kier molecular flexibility index (Phi) is 5.34. The van der Waals surface area contributed by atoms with Gasteiger partial charge in [-0.15, -0.1) is 0 Å². The molecule has 0 aliphatic heterocycles. The molecule has 4 nitrogen and oxygen atoms in total. The van der Waals surface area contributed by atoms with Crippen molar-refractivity contribution in [2.24, 2.45) is 0 Å². The standard InChI is InChI=1S/C14H18N2O2/c1-11(2)18-14(17)10-16(3)9-13-6-4-12(8-15)5-7-13/h4-7,11H,9-10H2,1-3H3. The van der Waals surface area contributed by atoms with Crippen molar-refractivity contribution in [1.82, 2.24) is 4.90 Å². The molecule has 0 N–H and O–H groups in total. The SMILES string of the molecule is CC(C)OC(=O)CN(C)Cc1ccc(C#N)cc1. The molecule has 0 spiro atoms. The lowest BCUT2D eigenvalue weighted by atomic mass is 10.1. The van der Waals surface area contributed by atoms with Crippen LogP contribution in [0.1, 0.15) is 25.0 Å². The molecule has 0 fully saturated rings. The van der Waals surface area contributed by atoms with E-state index in [-0.39, 0.29) is 18.6 Å². The van der Waals surface area contributed by atoms with Gasteiger partial charge in [-0.25, -0.2) is 0 Å².